The van der Waals surface area contributed by atoms with Crippen LogP contribution in [0.1, 0.15) is 63.1 Å². The second-order valence-electron chi connectivity index (χ2n) is 11.2. The van der Waals surface area contributed by atoms with Gasteiger partial charge in [-0.2, -0.15) is 0 Å². The van der Waals surface area contributed by atoms with Crippen molar-refractivity contribution < 1.29 is 29.3 Å². The van der Waals surface area contributed by atoms with Crippen LogP contribution in [0.5, 0.6) is 5.75 Å². The number of likely N-dealkylation sites (tertiary alicyclic amines) is 1. The van der Waals surface area contributed by atoms with E-state index < -0.39 is 11.9 Å². The molecule has 8 nitrogen and oxygen atoms in total. The van der Waals surface area contributed by atoms with Gasteiger partial charge < -0.3 is 14.9 Å². The predicted molar refractivity (Wildman–Crippen MR) is 157 cm³/mol. The first-order chi connectivity index (χ1) is 19.7. The monoisotopic (exact) mass is 622 g/mol. The number of rotatable bonds is 11. The molecule has 0 radical (unpaired) electrons. The number of pyridine rings is 1. The Labute approximate surface area is 248 Å². The van der Waals surface area contributed by atoms with Crippen molar-refractivity contribution in [2.45, 2.75) is 58.0 Å². The lowest BCUT2D eigenvalue weighted by molar-refractivity contribution is -0.141. The normalized spacial score (nSPS) is 24.1. The Kier molecular flexibility index (Phi) is 9.04. The number of nitrogens with zero attached hydrogens (tertiary/aromatic N) is 2. The third-order valence-corrected chi connectivity index (χ3v) is 9.00. The van der Waals surface area contributed by atoms with Crippen LogP contribution < -0.4 is 0 Å². The maximum Gasteiger partial charge on any atom is 0.303 e. The van der Waals surface area contributed by atoms with Gasteiger partial charge in [0.25, 0.3) is 0 Å². The number of hydrogen-bond acceptors (Lipinski definition) is 6. The summed E-state index contributed by atoms with van der Waals surface area (Å²) in [5, 5.41) is 19.3. The molecule has 3 aliphatic rings. The highest BCUT2D eigenvalue weighted by atomic mass is 79.9. The fourth-order valence-electron chi connectivity index (χ4n) is 6.58. The number of phenols is 1. The molecule has 1 aromatic carbocycles. The maximum atomic E-state index is 13.5. The van der Waals surface area contributed by atoms with Crippen molar-refractivity contribution in [1.29, 1.82) is 0 Å². The number of benzene rings is 1. The molecular weight excluding hydrogens is 588 g/mol. The van der Waals surface area contributed by atoms with Gasteiger partial charge in [0.15, 0.2) is 0 Å². The van der Waals surface area contributed by atoms with Gasteiger partial charge in [-0.05, 0) is 86.6 Å². The number of unbranched alkanes of at least 4 members (excludes halogenated alkanes) is 2. The molecule has 1 aromatic heterocycles. The van der Waals surface area contributed by atoms with E-state index in [9.17, 15) is 19.5 Å². The van der Waals surface area contributed by atoms with Gasteiger partial charge in [-0.3, -0.25) is 24.3 Å². The van der Waals surface area contributed by atoms with E-state index in [2.05, 4.69) is 27.8 Å². The summed E-state index contributed by atoms with van der Waals surface area (Å²) in [5.41, 5.74) is 4.78. The van der Waals surface area contributed by atoms with Gasteiger partial charge in [0, 0.05) is 35.1 Å². The zero-order chi connectivity index (χ0) is 29.1. The maximum absolute atomic E-state index is 13.5. The number of carbonyl (C=O) groups is 3. The van der Waals surface area contributed by atoms with Crippen LogP contribution in [0.25, 0.3) is 11.6 Å². The van der Waals surface area contributed by atoms with Crippen LogP contribution in [0.15, 0.2) is 58.2 Å². The van der Waals surface area contributed by atoms with Gasteiger partial charge >= 0.3 is 5.97 Å². The Morgan fingerprint density at radius 3 is 2.71 bits per heavy atom. The van der Waals surface area contributed by atoms with Gasteiger partial charge in [-0.1, -0.05) is 34.0 Å². The van der Waals surface area contributed by atoms with E-state index in [0.717, 1.165) is 26.9 Å². The molecule has 2 aliphatic heterocycles. The number of aliphatic carboxylic acids is 1. The minimum atomic E-state index is -0.830. The Bertz CT molecular complexity index is 1390. The number of carboxylic acid groups (broad SMARTS) is 1. The second-order valence-corrected chi connectivity index (χ2v) is 12.1. The number of carboxylic acids is 1. The molecule has 2 amide bonds. The Hall–Kier alpha value is -3.30. The molecule has 3 heterocycles. The summed E-state index contributed by atoms with van der Waals surface area (Å²) in [6.45, 7) is 2.82. The van der Waals surface area contributed by atoms with Crippen molar-refractivity contribution in [3.05, 3.63) is 69.5 Å². The number of hydrogen-bond donors (Lipinski definition) is 2. The highest BCUT2D eigenvalue weighted by Crippen LogP contribution is 2.50. The first-order valence-corrected chi connectivity index (χ1v) is 15.0. The summed E-state index contributed by atoms with van der Waals surface area (Å²) >= 11 is 3.48. The molecule has 2 fully saturated rings. The Morgan fingerprint density at radius 1 is 1.12 bits per heavy atom. The zero-order valence-corrected chi connectivity index (χ0v) is 24.7. The fourth-order valence-corrected chi connectivity index (χ4v) is 6.96. The average Bonchev–Trinajstić information content (AvgIpc) is 3.48. The molecule has 2 N–H and O–H groups in total. The van der Waals surface area contributed by atoms with Crippen molar-refractivity contribution in [2.75, 3.05) is 13.2 Å². The first kappa shape index (κ1) is 29.2. The number of carbonyl (C=O) groups excluding carboxylic acids is 2. The first-order valence-electron chi connectivity index (χ1n) is 14.2. The number of halogens is 1. The number of amides is 2. The summed E-state index contributed by atoms with van der Waals surface area (Å²) in [7, 11) is 0. The van der Waals surface area contributed by atoms with E-state index in [1.807, 2.05) is 30.3 Å². The molecule has 216 valence electrons. The molecule has 0 unspecified atom stereocenters. The lowest BCUT2D eigenvalue weighted by Gasteiger charge is -2.30. The van der Waals surface area contributed by atoms with Crippen LogP contribution in [0, 0.1) is 17.8 Å². The van der Waals surface area contributed by atoms with Crippen molar-refractivity contribution >= 4 is 45.4 Å². The van der Waals surface area contributed by atoms with E-state index in [1.54, 1.807) is 18.3 Å². The quantitative estimate of drug-likeness (QED) is 0.183. The van der Waals surface area contributed by atoms with Gasteiger partial charge in [-0.25, -0.2) is 0 Å². The molecule has 9 heteroatoms. The van der Waals surface area contributed by atoms with Gasteiger partial charge in [0.05, 0.1) is 30.2 Å². The zero-order valence-electron chi connectivity index (χ0n) is 23.1. The van der Waals surface area contributed by atoms with Gasteiger partial charge in [0.2, 0.25) is 11.8 Å². The summed E-state index contributed by atoms with van der Waals surface area (Å²) in [5.74, 6) is -1.71. The minimum Gasteiger partial charge on any atom is -0.507 e. The second kappa shape index (κ2) is 12.7. The van der Waals surface area contributed by atoms with Crippen LogP contribution in [0.4, 0.5) is 0 Å². The number of phenolic OH excluding ortho intramolecular Hbond substituents is 1. The van der Waals surface area contributed by atoms with E-state index in [4.69, 9.17) is 9.84 Å². The molecule has 2 saturated heterocycles. The molecule has 4 atom stereocenters. The fraction of sp³-hybridized carbons (Fsp3) is 0.438. The number of imide groups is 1. The highest BCUT2D eigenvalue weighted by molar-refractivity contribution is 9.10. The van der Waals surface area contributed by atoms with Gasteiger partial charge in [0.1, 0.15) is 5.75 Å². The van der Waals surface area contributed by atoms with E-state index in [0.29, 0.717) is 57.2 Å². The largest absolute Gasteiger partial charge is 0.507 e. The molecule has 0 bridgehead atoms. The standard InChI is InChI=1S/C32H35BrN2O6/c1-19-15-23-30(32(40)35(31(23)39)14-6-2-3-8-28(37)38)24-18-41-27(29(19)24)12-9-20(25-7-4-5-13-34-25)16-21-17-22(33)10-11-26(21)36/h4-5,7,10-11,13,16-17,23-24,27,30,36H,2-3,6,8-9,12,14-15,18H2,1H3,(H,37,38)/b20-16-/t23-,24+,27-,30-/m1/s1. The smallest absolute Gasteiger partial charge is 0.303 e. The highest BCUT2D eigenvalue weighted by Gasteiger charge is 2.56. The van der Waals surface area contributed by atoms with Crippen LogP contribution in [0.2, 0.25) is 0 Å². The number of fused-ring (bicyclic) bond motifs is 3. The Morgan fingerprint density at radius 2 is 1.95 bits per heavy atom. The molecular formula is C32H35BrN2O6. The molecule has 0 spiro atoms. The average molecular weight is 624 g/mol. The van der Waals surface area contributed by atoms with Crippen LogP contribution in [-0.4, -0.2) is 57.1 Å². The summed E-state index contributed by atoms with van der Waals surface area (Å²) in [4.78, 5) is 43.5. The number of aromatic hydroxyl groups is 1. The van der Waals surface area contributed by atoms with Crippen molar-refractivity contribution in [2.24, 2.45) is 17.8 Å². The van der Waals surface area contributed by atoms with E-state index in [1.165, 1.54) is 4.90 Å². The molecule has 5 rings (SSSR count). The van der Waals surface area contributed by atoms with Crippen molar-refractivity contribution in [3.63, 3.8) is 0 Å². The van der Waals surface area contributed by atoms with E-state index >= 15 is 0 Å². The summed E-state index contributed by atoms with van der Waals surface area (Å²) in [6, 6.07) is 11.1. The third-order valence-electron chi connectivity index (χ3n) is 8.51. The van der Waals surface area contributed by atoms with Crippen molar-refractivity contribution in [1.82, 2.24) is 9.88 Å². The van der Waals surface area contributed by atoms with Crippen LogP contribution in [-0.2, 0) is 19.1 Å². The topological polar surface area (TPSA) is 117 Å². The molecule has 41 heavy (non-hydrogen) atoms. The Balaban J connectivity index is 1.30. The van der Waals surface area contributed by atoms with Gasteiger partial charge in [-0.15, -0.1) is 0 Å². The van der Waals surface area contributed by atoms with E-state index in [-0.39, 0.29) is 41.9 Å². The lowest BCUT2D eigenvalue weighted by Crippen LogP contribution is -2.34. The molecule has 1 aliphatic carbocycles. The number of allylic oxidation sites excluding steroid dienone is 2. The number of aromatic nitrogens is 1. The lowest BCUT2D eigenvalue weighted by atomic mass is 9.70. The number of ether oxygens (including phenoxy) is 1. The molecule has 0 saturated carbocycles. The summed E-state index contributed by atoms with van der Waals surface area (Å²) < 4.78 is 7.18. The van der Waals surface area contributed by atoms with Crippen LogP contribution >= 0.6 is 15.9 Å². The summed E-state index contributed by atoms with van der Waals surface area (Å²) in [6.07, 6.45) is 7.37. The SMILES string of the molecule is CC1=C2[C@@H](CC/C(=C/c3cc(Br)ccc3O)c3ccccn3)OC[C@@H]2[C@@H]2C(=O)N(CCCCCC(=O)O)C(=O)[C@@H]2C1. The minimum absolute atomic E-state index is 0.0989. The van der Waals surface area contributed by atoms with Crippen LogP contribution in [0.3, 0.4) is 0 Å². The molecule has 2 aromatic rings. The third kappa shape index (κ3) is 6.31. The van der Waals surface area contributed by atoms with Crippen molar-refractivity contribution in [3.8, 4) is 5.75 Å². The predicted octanol–water partition coefficient (Wildman–Crippen LogP) is 5.85.